The lowest BCUT2D eigenvalue weighted by atomic mass is 10.2. The quantitative estimate of drug-likeness (QED) is 0.736. The van der Waals surface area contributed by atoms with Gasteiger partial charge in [-0.05, 0) is 13.0 Å². The third-order valence-electron chi connectivity index (χ3n) is 1.53. The van der Waals surface area contributed by atoms with Crippen LogP contribution in [0.15, 0.2) is 18.2 Å². The second-order valence-corrected chi connectivity index (χ2v) is 2.60. The second-order valence-electron chi connectivity index (χ2n) is 2.33. The number of benzene rings is 1. The van der Waals surface area contributed by atoms with Gasteiger partial charge in [0.2, 0.25) is 0 Å². The molecular weight excluding hydrogens is 176 g/mol. The maximum absolute atomic E-state index is 9.51. The maximum atomic E-state index is 9.51. The van der Waals surface area contributed by atoms with Crippen molar-refractivity contribution in [3.8, 4) is 11.5 Å². The van der Waals surface area contributed by atoms with Gasteiger partial charge < -0.3 is 9.84 Å². The van der Waals surface area contributed by atoms with Crippen LogP contribution in [0.1, 0.15) is 12.5 Å². The second kappa shape index (κ2) is 4.21. The van der Waals surface area contributed by atoms with Gasteiger partial charge in [0, 0.05) is 5.56 Å². The highest BCUT2D eigenvalue weighted by atomic mass is 35.5. The molecule has 0 fully saturated rings. The van der Waals surface area contributed by atoms with Crippen LogP contribution in [0.2, 0.25) is 0 Å². The predicted molar refractivity (Wildman–Crippen MR) is 48.8 cm³/mol. The van der Waals surface area contributed by atoms with E-state index in [0.717, 1.165) is 0 Å². The molecule has 0 aliphatic heterocycles. The molecule has 0 unspecified atom stereocenters. The van der Waals surface area contributed by atoms with Crippen LogP contribution in [-0.4, -0.2) is 11.7 Å². The van der Waals surface area contributed by atoms with Crippen LogP contribution in [0.5, 0.6) is 11.5 Å². The molecule has 0 heterocycles. The Morgan fingerprint density at radius 1 is 1.50 bits per heavy atom. The monoisotopic (exact) mass is 186 g/mol. The molecule has 2 nitrogen and oxygen atoms in total. The minimum absolute atomic E-state index is 0.148. The van der Waals surface area contributed by atoms with Gasteiger partial charge in [-0.15, -0.1) is 11.6 Å². The van der Waals surface area contributed by atoms with Gasteiger partial charge in [0.05, 0.1) is 12.5 Å². The molecule has 0 saturated carbocycles. The van der Waals surface area contributed by atoms with Crippen molar-refractivity contribution < 1.29 is 9.84 Å². The average molecular weight is 187 g/mol. The Hall–Kier alpha value is -0.890. The van der Waals surface area contributed by atoms with Gasteiger partial charge in [0.15, 0.2) is 11.5 Å². The molecule has 0 aromatic heterocycles. The van der Waals surface area contributed by atoms with Crippen molar-refractivity contribution in [2.75, 3.05) is 6.61 Å². The summed E-state index contributed by atoms with van der Waals surface area (Å²) >= 11 is 5.59. The molecule has 1 aromatic rings. The summed E-state index contributed by atoms with van der Waals surface area (Å²) < 4.78 is 5.17. The lowest BCUT2D eigenvalue weighted by Crippen LogP contribution is -1.92. The minimum Gasteiger partial charge on any atom is -0.504 e. The normalized spacial score (nSPS) is 9.83. The van der Waals surface area contributed by atoms with E-state index in [-0.39, 0.29) is 5.75 Å². The van der Waals surface area contributed by atoms with Crippen molar-refractivity contribution >= 4 is 11.6 Å². The van der Waals surface area contributed by atoms with Crippen LogP contribution in [0.25, 0.3) is 0 Å². The van der Waals surface area contributed by atoms with Crippen molar-refractivity contribution in [1.82, 2.24) is 0 Å². The summed E-state index contributed by atoms with van der Waals surface area (Å²) in [6, 6.07) is 5.29. The molecule has 66 valence electrons. The number of rotatable bonds is 3. The summed E-state index contributed by atoms with van der Waals surface area (Å²) in [6.45, 7) is 2.41. The molecule has 0 radical (unpaired) electrons. The van der Waals surface area contributed by atoms with Crippen molar-refractivity contribution in [3.63, 3.8) is 0 Å². The Bertz CT molecular complexity index is 261. The fourth-order valence-electron chi connectivity index (χ4n) is 0.948. The van der Waals surface area contributed by atoms with Gasteiger partial charge in [-0.25, -0.2) is 0 Å². The van der Waals surface area contributed by atoms with E-state index < -0.39 is 0 Å². The zero-order valence-electron chi connectivity index (χ0n) is 6.88. The van der Waals surface area contributed by atoms with E-state index in [2.05, 4.69) is 0 Å². The first-order chi connectivity index (χ1) is 5.79. The fraction of sp³-hybridized carbons (Fsp3) is 0.333. The highest BCUT2D eigenvalue weighted by Crippen LogP contribution is 2.30. The number of halogens is 1. The molecule has 0 spiro atoms. The first-order valence-electron chi connectivity index (χ1n) is 3.79. The van der Waals surface area contributed by atoms with Crippen LogP contribution in [0.3, 0.4) is 0 Å². The molecule has 0 aliphatic carbocycles. The van der Waals surface area contributed by atoms with E-state index in [1.807, 2.05) is 13.0 Å². The molecule has 0 amide bonds. The number of phenolic OH excluding ortho intramolecular Hbond substituents is 1. The van der Waals surface area contributed by atoms with Gasteiger partial charge in [-0.3, -0.25) is 0 Å². The maximum Gasteiger partial charge on any atom is 0.162 e. The lowest BCUT2D eigenvalue weighted by molar-refractivity contribution is 0.317. The smallest absolute Gasteiger partial charge is 0.162 e. The Labute approximate surface area is 76.7 Å². The summed E-state index contributed by atoms with van der Waals surface area (Å²) in [6.07, 6.45) is 0. The Kier molecular flexibility index (Phi) is 3.23. The lowest BCUT2D eigenvalue weighted by Gasteiger charge is -2.07. The minimum atomic E-state index is 0.148. The van der Waals surface area contributed by atoms with E-state index in [4.69, 9.17) is 16.3 Å². The molecule has 1 aromatic carbocycles. The van der Waals surface area contributed by atoms with E-state index >= 15 is 0 Å². The molecule has 12 heavy (non-hydrogen) atoms. The number of ether oxygens (including phenoxy) is 1. The molecule has 0 aliphatic rings. The van der Waals surface area contributed by atoms with Crippen LogP contribution in [0, 0.1) is 0 Å². The van der Waals surface area contributed by atoms with Crippen molar-refractivity contribution in [2.45, 2.75) is 12.8 Å². The third-order valence-corrected chi connectivity index (χ3v) is 1.81. The number of hydrogen-bond donors (Lipinski definition) is 1. The number of hydrogen-bond acceptors (Lipinski definition) is 2. The first kappa shape index (κ1) is 9.20. The van der Waals surface area contributed by atoms with Crippen molar-refractivity contribution in [3.05, 3.63) is 23.8 Å². The van der Waals surface area contributed by atoms with Gasteiger partial charge in [-0.1, -0.05) is 12.1 Å². The van der Waals surface area contributed by atoms with Crippen LogP contribution >= 0.6 is 11.6 Å². The molecule has 0 bridgehead atoms. The Balaban J connectivity index is 2.97. The Morgan fingerprint density at radius 2 is 2.25 bits per heavy atom. The van der Waals surface area contributed by atoms with Gasteiger partial charge >= 0.3 is 0 Å². The van der Waals surface area contributed by atoms with Gasteiger partial charge in [0.1, 0.15) is 0 Å². The SMILES string of the molecule is CCOc1cccc(CCl)c1O. The average Bonchev–Trinajstić information content (AvgIpc) is 2.09. The highest BCUT2D eigenvalue weighted by molar-refractivity contribution is 6.17. The number of para-hydroxylation sites is 1. The zero-order valence-corrected chi connectivity index (χ0v) is 7.64. The Morgan fingerprint density at radius 3 is 2.83 bits per heavy atom. The van der Waals surface area contributed by atoms with Gasteiger partial charge in [-0.2, -0.15) is 0 Å². The summed E-state index contributed by atoms with van der Waals surface area (Å²) in [4.78, 5) is 0. The zero-order chi connectivity index (χ0) is 8.97. The standard InChI is InChI=1S/C9H11ClO2/c1-2-12-8-5-3-4-7(6-10)9(8)11/h3-5,11H,2,6H2,1H3. The van der Waals surface area contributed by atoms with E-state index in [9.17, 15) is 5.11 Å². The van der Waals surface area contributed by atoms with Crippen LogP contribution in [-0.2, 0) is 5.88 Å². The summed E-state index contributed by atoms with van der Waals surface area (Å²) in [7, 11) is 0. The molecule has 3 heteroatoms. The third kappa shape index (κ3) is 1.83. The number of aromatic hydroxyl groups is 1. The molecule has 0 atom stereocenters. The molecule has 0 saturated heterocycles. The molecule has 1 N–H and O–H groups in total. The number of phenols is 1. The number of alkyl halides is 1. The van der Waals surface area contributed by atoms with E-state index in [0.29, 0.717) is 23.8 Å². The first-order valence-corrected chi connectivity index (χ1v) is 4.32. The molecular formula is C9H11ClO2. The van der Waals surface area contributed by atoms with Crippen LogP contribution < -0.4 is 4.74 Å². The van der Waals surface area contributed by atoms with E-state index in [1.54, 1.807) is 12.1 Å². The van der Waals surface area contributed by atoms with Gasteiger partial charge in [0.25, 0.3) is 0 Å². The topological polar surface area (TPSA) is 29.5 Å². The summed E-state index contributed by atoms with van der Waals surface area (Å²) in [5, 5.41) is 9.51. The van der Waals surface area contributed by atoms with E-state index in [1.165, 1.54) is 0 Å². The highest BCUT2D eigenvalue weighted by Gasteiger charge is 2.05. The molecule has 1 rings (SSSR count). The van der Waals surface area contributed by atoms with Crippen LogP contribution in [0.4, 0.5) is 0 Å². The van der Waals surface area contributed by atoms with Crippen molar-refractivity contribution in [1.29, 1.82) is 0 Å². The fourth-order valence-corrected chi connectivity index (χ4v) is 1.16. The predicted octanol–water partition coefficient (Wildman–Crippen LogP) is 2.53. The van der Waals surface area contributed by atoms with Crippen molar-refractivity contribution in [2.24, 2.45) is 0 Å². The summed E-state index contributed by atoms with van der Waals surface area (Å²) in [5.74, 6) is 0.942. The largest absolute Gasteiger partial charge is 0.504 e. The summed E-state index contributed by atoms with van der Waals surface area (Å²) in [5.41, 5.74) is 0.697.